The van der Waals surface area contributed by atoms with E-state index in [0.29, 0.717) is 24.2 Å². The molecule has 4 nitrogen and oxygen atoms in total. The molecule has 1 aromatic heterocycles. The van der Waals surface area contributed by atoms with Crippen LogP contribution in [0.3, 0.4) is 0 Å². The van der Waals surface area contributed by atoms with Crippen molar-refractivity contribution >= 4 is 15.9 Å². The number of hydrogen-bond acceptors (Lipinski definition) is 3. The molecule has 0 aliphatic carbocycles. The maximum Gasteiger partial charge on any atom is 0.0738 e. The van der Waals surface area contributed by atoms with Gasteiger partial charge in [0.1, 0.15) is 0 Å². The molecule has 4 atom stereocenters. The zero-order chi connectivity index (χ0) is 14.3. The van der Waals surface area contributed by atoms with Gasteiger partial charge in [0.05, 0.1) is 28.1 Å². The highest BCUT2D eigenvalue weighted by molar-refractivity contribution is 9.10. The van der Waals surface area contributed by atoms with Crippen molar-refractivity contribution in [2.45, 2.75) is 64.3 Å². The molecule has 0 amide bonds. The van der Waals surface area contributed by atoms with Gasteiger partial charge in [-0.25, -0.2) is 0 Å². The van der Waals surface area contributed by atoms with E-state index in [1.54, 1.807) is 0 Å². The Bertz CT molecular complexity index is 488. The molecule has 3 rings (SSSR count). The summed E-state index contributed by atoms with van der Waals surface area (Å²) in [6, 6.07) is 0.475. The van der Waals surface area contributed by atoms with Crippen molar-refractivity contribution in [2.24, 2.45) is 5.92 Å². The summed E-state index contributed by atoms with van der Waals surface area (Å²) in [6.45, 7) is 5.14. The second kappa shape index (κ2) is 5.78. The minimum Gasteiger partial charge on any atom is -0.375 e. The molecule has 2 aliphatic rings. The van der Waals surface area contributed by atoms with E-state index in [1.807, 2.05) is 0 Å². The highest BCUT2D eigenvalue weighted by atomic mass is 79.9. The van der Waals surface area contributed by atoms with Gasteiger partial charge in [-0.15, -0.1) is 0 Å². The lowest BCUT2D eigenvalue weighted by Gasteiger charge is -2.28. The van der Waals surface area contributed by atoms with Crippen LogP contribution in [0.4, 0.5) is 0 Å². The van der Waals surface area contributed by atoms with Crippen molar-refractivity contribution in [1.29, 1.82) is 0 Å². The minimum absolute atomic E-state index is 0.468. The molecular weight excluding hydrogens is 318 g/mol. The van der Waals surface area contributed by atoms with E-state index in [1.165, 1.54) is 29.4 Å². The first-order valence-corrected chi connectivity index (χ1v) is 8.47. The SMILES string of the molecule is CCn1nc(C)c(Br)c1CC(NC)C1CC2CCC1O2. The molecule has 1 aromatic rings. The second-order valence-corrected chi connectivity index (χ2v) is 6.83. The predicted octanol–water partition coefficient (Wildman–Crippen LogP) is 2.67. The van der Waals surface area contributed by atoms with Crippen molar-refractivity contribution in [3.05, 3.63) is 15.9 Å². The number of fused-ring (bicyclic) bond motifs is 2. The quantitative estimate of drug-likeness (QED) is 0.894. The fraction of sp³-hybridized carbons (Fsp3) is 0.800. The average molecular weight is 342 g/mol. The summed E-state index contributed by atoms with van der Waals surface area (Å²) >= 11 is 3.71. The average Bonchev–Trinajstić information content (AvgIpc) is 3.13. The van der Waals surface area contributed by atoms with Gasteiger partial charge in [0.15, 0.2) is 0 Å². The molecule has 0 spiro atoms. The van der Waals surface area contributed by atoms with Crippen LogP contribution in [0.1, 0.15) is 37.6 Å². The van der Waals surface area contributed by atoms with E-state index < -0.39 is 0 Å². The molecular formula is C15H24BrN3O. The molecule has 2 aliphatic heterocycles. The molecule has 2 saturated heterocycles. The van der Waals surface area contributed by atoms with Crippen LogP contribution in [0.25, 0.3) is 0 Å². The van der Waals surface area contributed by atoms with Crippen LogP contribution in [0, 0.1) is 12.8 Å². The first-order valence-electron chi connectivity index (χ1n) is 7.68. The van der Waals surface area contributed by atoms with E-state index in [-0.39, 0.29) is 0 Å². The van der Waals surface area contributed by atoms with Crippen LogP contribution in [-0.2, 0) is 17.7 Å². The van der Waals surface area contributed by atoms with Gasteiger partial charge in [0, 0.05) is 24.9 Å². The lowest BCUT2D eigenvalue weighted by Crippen LogP contribution is -2.40. The van der Waals surface area contributed by atoms with Gasteiger partial charge in [0.25, 0.3) is 0 Å². The number of aryl methyl sites for hydroxylation is 2. The van der Waals surface area contributed by atoms with Crippen molar-refractivity contribution in [3.63, 3.8) is 0 Å². The van der Waals surface area contributed by atoms with Crippen LogP contribution < -0.4 is 5.32 Å². The third-order valence-electron chi connectivity index (χ3n) is 4.91. The smallest absolute Gasteiger partial charge is 0.0738 e. The van der Waals surface area contributed by atoms with Crippen molar-refractivity contribution in [3.8, 4) is 0 Å². The fourth-order valence-electron chi connectivity index (χ4n) is 3.84. The van der Waals surface area contributed by atoms with Crippen LogP contribution >= 0.6 is 15.9 Å². The Morgan fingerprint density at radius 1 is 1.50 bits per heavy atom. The third kappa shape index (κ3) is 2.44. The van der Waals surface area contributed by atoms with Gasteiger partial charge < -0.3 is 10.1 Å². The molecule has 2 bridgehead atoms. The fourth-order valence-corrected chi connectivity index (χ4v) is 4.29. The zero-order valence-electron chi connectivity index (χ0n) is 12.5. The van der Waals surface area contributed by atoms with Crippen LogP contribution in [0.15, 0.2) is 4.47 Å². The first kappa shape index (κ1) is 14.5. The largest absolute Gasteiger partial charge is 0.375 e. The number of hydrogen-bond donors (Lipinski definition) is 1. The summed E-state index contributed by atoms with van der Waals surface area (Å²) in [5.41, 5.74) is 2.40. The number of rotatable bonds is 5. The number of nitrogens with zero attached hydrogens (tertiary/aromatic N) is 2. The summed E-state index contributed by atoms with van der Waals surface area (Å²) in [4.78, 5) is 0. The monoisotopic (exact) mass is 341 g/mol. The van der Waals surface area contributed by atoms with Crippen LogP contribution in [0.5, 0.6) is 0 Å². The number of halogens is 1. The summed E-state index contributed by atoms with van der Waals surface area (Å²) in [6.07, 6.45) is 5.71. The molecule has 0 radical (unpaired) electrons. The van der Waals surface area contributed by atoms with E-state index in [9.17, 15) is 0 Å². The highest BCUT2D eigenvalue weighted by Gasteiger charge is 2.44. The Morgan fingerprint density at radius 3 is 2.85 bits per heavy atom. The molecule has 0 saturated carbocycles. The van der Waals surface area contributed by atoms with Gasteiger partial charge in [-0.1, -0.05) is 0 Å². The summed E-state index contributed by atoms with van der Waals surface area (Å²) < 4.78 is 9.32. The Morgan fingerprint density at radius 2 is 2.30 bits per heavy atom. The summed E-state index contributed by atoms with van der Waals surface area (Å²) in [5, 5.41) is 8.12. The molecule has 5 heteroatoms. The maximum absolute atomic E-state index is 6.02. The van der Waals surface area contributed by atoms with Crippen molar-refractivity contribution in [1.82, 2.24) is 15.1 Å². The lowest BCUT2D eigenvalue weighted by molar-refractivity contribution is 0.0861. The van der Waals surface area contributed by atoms with E-state index in [4.69, 9.17) is 4.74 Å². The topological polar surface area (TPSA) is 39.1 Å². The lowest BCUT2D eigenvalue weighted by atomic mass is 9.82. The zero-order valence-corrected chi connectivity index (χ0v) is 14.1. The van der Waals surface area contributed by atoms with Gasteiger partial charge in [0.2, 0.25) is 0 Å². The molecule has 2 fully saturated rings. The molecule has 4 unspecified atom stereocenters. The molecule has 3 heterocycles. The minimum atomic E-state index is 0.468. The van der Waals surface area contributed by atoms with E-state index >= 15 is 0 Å². The molecule has 0 aromatic carbocycles. The summed E-state index contributed by atoms with van der Waals surface area (Å²) in [7, 11) is 2.07. The van der Waals surface area contributed by atoms with Gasteiger partial charge in [-0.2, -0.15) is 5.10 Å². The number of aromatic nitrogens is 2. The van der Waals surface area contributed by atoms with Gasteiger partial charge in [-0.05, 0) is 56.1 Å². The van der Waals surface area contributed by atoms with E-state index in [0.717, 1.165) is 18.7 Å². The third-order valence-corrected chi connectivity index (χ3v) is 5.94. The van der Waals surface area contributed by atoms with Gasteiger partial charge in [-0.3, -0.25) is 4.68 Å². The standard InChI is InChI=1S/C15H24BrN3O/c1-4-19-13(15(16)9(2)18-19)8-12(17-3)11-7-10-5-6-14(11)20-10/h10-12,14,17H,4-8H2,1-3H3. The summed E-state index contributed by atoms with van der Waals surface area (Å²) in [5.74, 6) is 0.645. The number of ether oxygens (including phenoxy) is 1. The van der Waals surface area contributed by atoms with Crippen LogP contribution in [-0.4, -0.2) is 35.1 Å². The first-order chi connectivity index (χ1) is 9.63. The number of likely N-dealkylation sites (N-methyl/N-ethyl adjacent to an activating group) is 1. The Kier molecular flexibility index (Phi) is 4.20. The Labute approximate surface area is 129 Å². The van der Waals surface area contributed by atoms with Gasteiger partial charge >= 0.3 is 0 Å². The van der Waals surface area contributed by atoms with Crippen molar-refractivity contribution in [2.75, 3.05) is 7.05 Å². The van der Waals surface area contributed by atoms with E-state index in [2.05, 4.69) is 51.9 Å². The molecule has 20 heavy (non-hydrogen) atoms. The maximum atomic E-state index is 6.02. The molecule has 1 N–H and O–H groups in total. The Balaban J connectivity index is 1.78. The second-order valence-electron chi connectivity index (χ2n) is 6.03. The predicted molar refractivity (Wildman–Crippen MR) is 82.9 cm³/mol. The van der Waals surface area contributed by atoms with Crippen LogP contribution in [0.2, 0.25) is 0 Å². The Hall–Kier alpha value is -0.390. The van der Waals surface area contributed by atoms with Crippen molar-refractivity contribution < 1.29 is 4.74 Å². The number of nitrogens with one attached hydrogen (secondary N) is 1. The highest BCUT2D eigenvalue weighted by Crippen LogP contribution is 2.41. The normalized spacial score (nSPS) is 30.1. The molecule has 112 valence electrons.